The Balaban J connectivity index is -0.00000000675. The van der Waals surface area contributed by atoms with Gasteiger partial charge in [0.2, 0.25) is 0 Å². The van der Waals surface area contributed by atoms with Crippen LogP contribution in [-0.4, -0.2) is 66.1 Å². The van der Waals surface area contributed by atoms with E-state index in [2.05, 4.69) is 0 Å². The number of carboxylic acid groups (broad SMARTS) is 3. The van der Waals surface area contributed by atoms with Gasteiger partial charge in [0.25, 0.3) is 17.9 Å². The Morgan fingerprint density at radius 1 is 0.526 bits per heavy atom. The van der Waals surface area contributed by atoms with Crippen LogP contribution in [0, 0.1) is 35.6 Å². The number of carbonyl (C=O) groups is 3. The Hall–Kier alpha value is -0.635. The van der Waals surface area contributed by atoms with Crippen molar-refractivity contribution in [3.63, 3.8) is 0 Å². The van der Waals surface area contributed by atoms with Gasteiger partial charge in [0.05, 0.1) is 0 Å². The molecule has 12 nitrogen and oxygen atoms in total. The molecule has 0 atom stereocenters. The van der Waals surface area contributed by atoms with Crippen molar-refractivity contribution in [2.75, 3.05) is 0 Å². The van der Waals surface area contributed by atoms with Crippen molar-refractivity contribution < 1.29 is 98.2 Å². The van der Waals surface area contributed by atoms with Gasteiger partial charge in [-0.15, -0.1) is 0 Å². The fraction of sp³-hybridized carbons (Fsp3) is 0.500. The van der Waals surface area contributed by atoms with Crippen LogP contribution in [0.25, 0.3) is 0 Å². The summed E-state index contributed by atoms with van der Waals surface area (Å²) in [6, 6.07) is 0. The topological polar surface area (TPSA) is 301 Å². The molecule has 13 heteroatoms. The Labute approximate surface area is 136 Å². The quantitative estimate of drug-likeness (QED) is 0.341. The Morgan fingerprint density at radius 3 is 0.526 bits per heavy atom. The summed E-state index contributed by atoms with van der Waals surface area (Å²) in [5, 5.41) is 22.2. The number of carboxylic acids is 3. The first-order valence-electron chi connectivity index (χ1n) is 2.78. The molecule has 0 aromatic heterocycles. The smallest absolute Gasteiger partial charge is 0.300 e. The molecule has 0 aromatic carbocycles. The maximum absolute atomic E-state index is 9.00. The fourth-order valence-electron chi connectivity index (χ4n) is 0. The van der Waals surface area contributed by atoms with E-state index in [0.717, 1.165) is 20.8 Å². The standard InChI is InChI=1S/3C2H4O2.La.6H2O/c3*1-2(3)4;;;;;;;/h3*1H3,(H,3,4);;6*1H2. The number of hydrogen-bond donors (Lipinski definition) is 3. The van der Waals surface area contributed by atoms with Crippen molar-refractivity contribution in [3.8, 4) is 0 Å². The third-order valence-electron chi connectivity index (χ3n) is 0. The summed E-state index contributed by atoms with van der Waals surface area (Å²) < 4.78 is 0. The predicted octanol–water partition coefficient (Wildman–Crippen LogP) is -4.68. The second-order valence-corrected chi connectivity index (χ2v) is 1.56. The van der Waals surface area contributed by atoms with Gasteiger partial charge in [0.1, 0.15) is 0 Å². The van der Waals surface area contributed by atoms with Crippen molar-refractivity contribution >= 4 is 17.9 Å². The molecule has 0 aliphatic heterocycles. The van der Waals surface area contributed by atoms with Crippen LogP contribution in [0.15, 0.2) is 0 Å². The number of aliphatic carboxylic acids is 3. The molecular formula is C6H24LaO12. The second-order valence-electron chi connectivity index (χ2n) is 1.56. The Bertz CT molecular complexity index is 120. The van der Waals surface area contributed by atoms with Gasteiger partial charge in [0, 0.05) is 56.4 Å². The maximum atomic E-state index is 9.00. The van der Waals surface area contributed by atoms with E-state index in [4.69, 9.17) is 29.7 Å². The van der Waals surface area contributed by atoms with Gasteiger partial charge < -0.3 is 48.2 Å². The Morgan fingerprint density at radius 2 is 0.526 bits per heavy atom. The summed E-state index contributed by atoms with van der Waals surface area (Å²) in [5.41, 5.74) is 0. The predicted molar refractivity (Wildman–Crippen MR) is 61.6 cm³/mol. The molecule has 123 valence electrons. The van der Waals surface area contributed by atoms with Crippen molar-refractivity contribution in [2.45, 2.75) is 20.8 Å². The summed E-state index contributed by atoms with van der Waals surface area (Å²) in [6.45, 7) is 3.25. The molecule has 0 heterocycles. The zero-order chi connectivity index (χ0) is 10.7. The number of rotatable bonds is 0. The minimum absolute atomic E-state index is 0. The SMILES string of the molecule is CC(=O)O.CC(=O)O.CC(=O)O.O.O.O.O.O.O.[La]. The molecule has 15 N–H and O–H groups in total. The first-order chi connectivity index (χ1) is 5.20. The number of hydrogen-bond acceptors (Lipinski definition) is 3. The monoisotopic (exact) mass is 427 g/mol. The molecule has 0 unspecified atom stereocenters. The van der Waals surface area contributed by atoms with E-state index in [0.29, 0.717) is 0 Å². The summed E-state index contributed by atoms with van der Waals surface area (Å²) in [5.74, 6) is -2.50. The summed E-state index contributed by atoms with van der Waals surface area (Å²) in [7, 11) is 0. The molecule has 0 aliphatic carbocycles. The van der Waals surface area contributed by atoms with E-state index in [1.54, 1.807) is 0 Å². The summed E-state index contributed by atoms with van der Waals surface area (Å²) >= 11 is 0. The van der Waals surface area contributed by atoms with Gasteiger partial charge in [-0.2, -0.15) is 0 Å². The molecule has 0 aromatic rings. The van der Waals surface area contributed by atoms with Crippen LogP contribution < -0.4 is 0 Å². The van der Waals surface area contributed by atoms with E-state index < -0.39 is 17.9 Å². The summed E-state index contributed by atoms with van der Waals surface area (Å²) in [6.07, 6.45) is 0. The molecule has 0 rings (SSSR count). The molecule has 0 aliphatic rings. The molecule has 0 saturated carbocycles. The van der Waals surface area contributed by atoms with Gasteiger partial charge in [-0.25, -0.2) is 0 Å². The van der Waals surface area contributed by atoms with E-state index in [-0.39, 0.29) is 68.5 Å². The molecular weight excluding hydrogens is 403 g/mol. The van der Waals surface area contributed by atoms with E-state index in [9.17, 15) is 0 Å². The van der Waals surface area contributed by atoms with Crippen LogP contribution in [0.2, 0.25) is 0 Å². The van der Waals surface area contributed by atoms with E-state index in [1.165, 1.54) is 0 Å². The van der Waals surface area contributed by atoms with Crippen LogP contribution >= 0.6 is 0 Å². The zero-order valence-electron chi connectivity index (χ0n) is 10.6. The zero-order valence-corrected chi connectivity index (χ0v) is 14.3. The van der Waals surface area contributed by atoms with Crippen LogP contribution in [0.4, 0.5) is 0 Å². The van der Waals surface area contributed by atoms with Gasteiger partial charge >= 0.3 is 0 Å². The third kappa shape index (κ3) is 10200. The van der Waals surface area contributed by atoms with E-state index >= 15 is 0 Å². The van der Waals surface area contributed by atoms with Gasteiger partial charge in [-0.1, -0.05) is 0 Å². The van der Waals surface area contributed by atoms with Crippen LogP contribution in [-0.2, 0) is 14.4 Å². The largest absolute Gasteiger partial charge is 0.481 e. The average Bonchev–Trinajstić information content (AvgIpc) is 1.54. The molecule has 0 amide bonds. The van der Waals surface area contributed by atoms with Gasteiger partial charge in [-0.05, 0) is 0 Å². The molecule has 0 spiro atoms. The molecule has 1 radical (unpaired) electrons. The normalized spacial score (nSPS) is 3.95. The van der Waals surface area contributed by atoms with Crippen LogP contribution in [0.5, 0.6) is 0 Å². The Kier molecular flexibility index (Phi) is 277. The summed E-state index contributed by atoms with van der Waals surface area (Å²) in [4.78, 5) is 27.0. The van der Waals surface area contributed by atoms with Crippen molar-refractivity contribution in [1.29, 1.82) is 0 Å². The first kappa shape index (κ1) is 79.1. The van der Waals surface area contributed by atoms with E-state index in [1.807, 2.05) is 0 Å². The molecule has 0 bridgehead atoms. The molecule has 19 heavy (non-hydrogen) atoms. The van der Waals surface area contributed by atoms with Crippen LogP contribution in [0.1, 0.15) is 20.8 Å². The van der Waals surface area contributed by atoms with Gasteiger partial charge in [0.15, 0.2) is 0 Å². The second kappa shape index (κ2) is 66.5. The average molecular weight is 427 g/mol. The fourth-order valence-corrected chi connectivity index (χ4v) is 0. The van der Waals surface area contributed by atoms with Crippen LogP contribution in [0.3, 0.4) is 0 Å². The third-order valence-corrected chi connectivity index (χ3v) is 0. The maximum Gasteiger partial charge on any atom is 0.300 e. The first-order valence-corrected chi connectivity index (χ1v) is 2.78. The minimum atomic E-state index is -0.833. The molecule has 0 fully saturated rings. The van der Waals surface area contributed by atoms with Crippen molar-refractivity contribution in [2.24, 2.45) is 0 Å². The molecule has 0 saturated heterocycles. The van der Waals surface area contributed by atoms with Gasteiger partial charge in [-0.3, -0.25) is 14.4 Å². The minimum Gasteiger partial charge on any atom is -0.481 e. The van der Waals surface area contributed by atoms with Crippen molar-refractivity contribution in [1.82, 2.24) is 0 Å². The van der Waals surface area contributed by atoms with Crippen molar-refractivity contribution in [3.05, 3.63) is 0 Å².